The predicted molar refractivity (Wildman–Crippen MR) is 174 cm³/mol. The molecule has 0 radical (unpaired) electrons. The van der Waals surface area contributed by atoms with Crippen molar-refractivity contribution in [2.24, 2.45) is 0 Å². The topological polar surface area (TPSA) is 118 Å². The molecule has 0 unspecified atom stereocenters. The molecule has 0 aliphatic carbocycles. The first-order valence-corrected chi connectivity index (χ1v) is 18.4. The lowest BCUT2D eigenvalue weighted by Crippen LogP contribution is -2.37. The fourth-order valence-electron chi connectivity index (χ4n) is 5.11. The average molecular weight is 673 g/mol. The van der Waals surface area contributed by atoms with Gasteiger partial charge in [0.05, 0.1) is 11.9 Å². The molecule has 1 aromatic carbocycles. The first-order valence-electron chi connectivity index (χ1n) is 16.6. The third-order valence-electron chi connectivity index (χ3n) is 7.62. The normalized spacial score (nSPS) is 12.6. The monoisotopic (exact) mass is 672 g/mol. The van der Waals surface area contributed by atoms with Gasteiger partial charge in [0.2, 0.25) is 5.91 Å². The minimum Gasteiger partial charge on any atom is -0.487 e. The highest BCUT2D eigenvalue weighted by atomic mass is 31.2. The lowest BCUT2D eigenvalue weighted by molar-refractivity contribution is -0.153. The number of amides is 1. The number of carbonyl (C=O) groups is 1. The van der Waals surface area contributed by atoms with Crippen LogP contribution in [-0.2, 0) is 22.4 Å². The van der Waals surface area contributed by atoms with Gasteiger partial charge < -0.3 is 24.6 Å². The molecule has 2 aromatic rings. The fourth-order valence-corrected chi connectivity index (χ4v) is 5.75. The van der Waals surface area contributed by atoms with Crippen molar-refractivity contribution in [1.29, 1.82) is 0 Å². The van der Waals surface area contributed by atoms with Gasteiger partial charge in [0.15, 0.2) is 6.61 Å². The minimum atomic E-state index is -4.44. The standard InChI is InChI=1S/C34H52F3N2O6P/c1-2-3-4-5-6-7-8-9-10-11-12-13-14-15-33(40)39-29(21-23-46(41,42)43)24-28-16-18-31(19-17-28)44-26-30-25-32(20-22-38-30)45-27-34(35,36)37/h16-20,22,25,29H,2-15,21,23-24,26-27H2,1H3,(H,39,40)(H2,41,42,43)/t29-/m0/s1. The van der Waals surface area contributed by atoms with Crippen molar-refractivity contribution in [3.63, 3.8) is 0 Å². The van der Waals surface area contributed by atoms with E-state index in [0.29, 0.717) is 24.3 Å². The number of alkyl halides is 3. The first kappa shape index (κ1) is 39.6. The van der Waals surface area contributed by atoms with Gasteiger partial charge in [-0.25, -0.2) is 0 Å². The van der Waals surface area contributed by atoms with Crippen LogP contribution in [0.15, 0.2) is 42.6 Å². The lowest BCUT2D eigenvalue weighted by atomic mass is 10.0. The Morgan fingerprint density at radius 2 is 1.46 bits per heavy atom. The molecule has 0 saturated carbocycles. The molecule has 0 aliphatic rings. The molecule has 1 atom stereocenters. The summed E-state index contributed by atoms with van der Waals surface area (Å²) in [5.41, 5.74) is 1.25. The van der Waals surface area contributed by atoms with E-state index >= 15 is 0 Å². The van der Waals surface area contributed by atoms with Gasteiger partial charge >= 0.3 is 13.8 Å². The van der Waals surface area contributed by atoms with E-state index in [1.165, 1.54) is 82.5 Å². The van der Waals surface area contributed by atoms with Crippen LogP contribution in [0.25, 0.3) is 0 Å². The number of rotatable bonds is 25. The third-order valence-corrected chi connectivity index (χ3v) is 8.46. The summed E-state index contributed by atoms with van der Waals surface area (Å²) in [5, 5.41) is 2.96. The van der Waals surface area contributed by atoms with Crippen molar-refractivity contribution in [3.05, 3.63) is 53.9 Å². The minimum absolute atomic E-state index is 0.0166. The molecule has 8 nitrogen and oxygen atoms in total. The van der Waals surface area contributed by atoms with Crippen LogP contribution in [0.1, 0.15) is 114 Å². The van der Waals surface area contributed by atoms with E-state index in [9.17, 15) is 32.3 Å². The predicted octanol–water partition coefficient (Wildman–Crippen LogP) is 8.68. The number of aromatic nitrogens is 1. The first-order chi connectivity index (χ1) is 21.9. The number of hydrogen-bond donors (Lipinski definition) is 3. The van der Waals surface area contributed by atoms with E-state index in [1.807, 2.05) is 0 Å². The van der Waals surface area contributed by atoms with Gasteiger partial charge in [-0.3, -0.25) is 14.3 Å². The van der Waals surface area contributed by atoms with Crippen molar-refractivity contribution < 1.29 is 41.8 Å². The second-order valence-corrected chi connectivity index (χ2v) is 13.7. The molecule has 3 N–H and O–H groups in total. The number of benzene rings is 1. The number of hydrogen-bond acceptors (Lipinski definition) is 5. The van der Waals surface area contributed by atoms with Crippen LogP contribution >= 0.6 is 7.60 Å². The Labute approximate surface area is 272 Å². The Balaban J connectivity index is 1.73. The smallest absolute Gasteiger partial charge is 0.422 e. The van der Waals surface area contributed by atoms with Crippen LogP contribution in [0, 0.1) is 0 Å². The molecule has 0 spiro atoms. The molecule has 0 saturated heterocycles. The van der Waals surface area contributed by atoms with Crippen LogP contribution < -0.4 is 14.8 Å². The maximum atomic E-state index is 12.7. The summed E-state index contributed by atoms with van der Waals surface area (Å²) in [4.78, 5) is 35.5. The third kappa shape index (κ3) is 20.5. The number of nitrogens with zero attached hydrogens (tertiary/aromatic N) is 1. The summed E-state index contributed by atoms with van der Waals surface area (Å²) in [6.07, 6.45) is 13.4. The van der Waals surface area contributed by atoms with Gasteiger partial charge in [-0.1, -0.05) is 96.1 Å². The highest BCUT2D eigenvalue weighted by molar-refractivity contribution is 7.51. The second-order valence-electron chi connectivity index (χ2n) is 12.0. The van der Waals surface area contributed by atoms with Crippen LogP contribution in [0.5, 0.6) is 11.5 Å². The molecule has 1 aromatic heterocycles. The molecule has 1 amide bonds. The Morgan fingerprint density at radius 1 is 0.870 bits per heavy atom. The lowest BCUT2D eigenvalue weighted by Gasteiger charge is -2.20. The molecular formula is C34H52F3N2O6P. The summed E-state index contributed by atoms with van der Waals surface area (Å²) in [5.74, 6) is 0.428. The molecule has 1 heterocycles. The van der Waals surface area contributed by atoms with Crippen LogP contribution in [-0.4, -0.2) is 45.7 Å². The van der Waals surface area contributed by atoms with E-state index in [4.69, 9.17) is 9.47 Å². The van der Waals surface area contributed by atoms with Crippen molar-refractivity contribution >= 4 is 13.5 Å². The molecule has 260 valence electrons. The molecule has 0 bridgehead atoms. The summed E-state index contributed by atoms with van der Waals surface area (Å²) in [6.45, 7) is 0.857. The van der Waals surface area contributed by atoms with Crippen molar-refractivity contribution in [3.8, 4) is 11.5 Å². The van der Waals surface area contributed by atoms with Crippen LogP contribution in [0.2, 0.25) is 0 Å². The van der Waals surface area contributed by atoms with E-state index in [0.717, 1.165) is 24.8 Å². The van der Waals surface area contributed by atoms with Gasteiger partial charge in [-0.15, -0.1) is 0 Å². The molecule has 0 aliphatic heterocycles. The fraction of sp³-hybridized carbons (Fsp3) is 0.647. The van der Waals surface area contributed by atoms with Gasteiger partial charge in [0.1, 0.15) is 18.1 Å². The number of carbonyl (C=O) groups excluding carboxylic acids is 1. The van der Waals surface area contributed by atoms with Crippen molar-refractivity contribution in [1.82, 2.24) is 10.3 Å². The number of pyridine rings is 1. The molecular weight excluding hydrogens is 620 g/mol. The summed E-state index contributed by atoms with van der Waals surface area (Å²) in [6, 6.07) is 9.32. The zero-order valence-electron chi connectivity index (χ0n) is 27.1. The van der Waals surface area contributed by atoms with Gasteiger partial charge in [-0.2, -0.15) is 13.2 Å². The average Bonchev–Trinajstić information content (AvgIpc) is 3.00. The van der Waals surface area contributed by atoms with Gasteiger partial charge in [-0.05, 0) is 43.0 Å². The zero-order valence-corrected chi connectivity index (χ0v) is 28.0. The number of ether oxygens (including phenoxy) is 2. The summed E-state index contributed by atoms with van der Waals surface area (Å²) < 4.78 is 59.2. The van der Waals surface area contributed by atoms with Crippen molar-refractivity contribution in [2.75, 3.05) is 12.8 Å². The maximum absolute atomic E-state index is 12.7. The summed E-state index contributed by atoms with van der Waals surface area (Å²) in [7, 11) is -4.22. The van der Waals surface area contributed by atoms with Gasteiger partial charge in [0.25, 0.3) is 0 Å². The largest absolute Gasteiger partial charge is 0.487 e. The van der Waals surface area contributed by atoms with Crippen LogP contribution in [0.4, 0.5) is 13.2 Å². The Morgan fingerprint density at radius 3 is 2.02 bits per heavy atom. The molecule has 46 heavy (non-hydrogen) atoms. The maximum Gasteiger partial charge on any atom is 0.422 e. The highest BCUT2D eigenvalue weighted by Gasteiger charge is 2.28. The van der Waals surface area contributed by atoms with Gasteiger partial charge in [0, 0.05) is 24.7 Å². The second kappa shape index (κ2) is 22.0. The Hall–Kier alpha value is -2.62. The molecule has 12 heteroatoms. The highest BCUT2D eigenvalue weighted by Crippen LogP contribution is 2.35. The van der Waals surface area contributed by atoms with Crippen LogP contribution in [0.3, 0.4) is 0 Å². The Bertz CT molecular complexity index is 1160. The SMILES string of the molecule is CCCCCCCCCCCCCCCC(=O)N[C@@H](CCP(=O)(O)O)Cc1ccc(OCc2cc(OCC(F)(F)F)ccn2)cc1. The zero-order chi connectivity index (χ0) is 33.7. The van der Waals surface area contributed by atoms with E-state index in [-0.39, 0.29) is 30.8 Å². The summed E-state index contributed by atoms with van der Waals surface area (Å²) >= 11 is 0. The van der Waals surface area contributed by atoms with E-state index in [1.54, 1.807) is 24.3 Å². The number of unbranched alkanes of at least 4 members (excludes halogenated alkanes) is 12. The number of nitrogens with one attached hydrogen (secondary N) is 1. The molecule has 2 rings (SSSR count). The van der Waals surface area contributed by atoms with E-state index in [2.05, 4.69) is 17.2 Å². The quantitative estimate of drug-likeness (QED) is 0.0714. The van der Waals surface area contributed by atoms with E-state index < -0.39 is 26.4 Å². The Kier molecular flexibility index (Phi) is 19.0. The number of halogens is 3. The van der Waals surface area contributed by atoms with Crippen molar-refractivity contribution in [2.45, 2.75) is 128 Å². The molecule has 0 fully saturated rings.